The zero-order chi connectivity index (χ0) is 14.8. The first-order valence-corrected chi connectivity index (χ1v) is 8.56. The van der Waals surface area contributed by atoms with Gasteiger partial charge in [0.2, 0.25) is 0 Å². The van der Waals surface area contributed by atoms with Crippen LogP contribution < -0.4 is 11.3 Å². The molecule has 1 atom stereocenters. The molecular weight excluding hydrogens is 280 g/mol. The Morgan fingerprint density at radius 2 is 2.19 bits per heavy atom. The second kappa shape index (κ2) is 6.30. The summed E-state index contributed by atoms with van der Waals surface area (Å²) >= 11 is 1.82. The van der Waals surface area contributed by atoms with Crippen molar-refractivity contribution in [3.05, 3.63) is 39.3 Å². The van der Waals surface area contributed by atoms with Gasteiger partial charge >= 0.3 is 0 Å². The van der Waals surface area contributed by atoms with Crippen LogP contribution in [0.3, 0.4) is 0 Å². The van der Waals surface area contributed by atoms with Crippen molar-refractivity contribution in [2.75, 3.05) is 0 Å². The van der Waals surface area contributed by atoms with Crippen LogP contribution >= 0.6 is 11.3 Å². The first kappa shape index (κ1) is 14.8. The molecular formula is C16H24N4S. The maximum absolute atomic E-state index is 5.76. The van der Waals surface area contributed by atoms with Gasteiger partial charge in [-0.2, -0.15) is 5.10 Å². The minimum Gasteiger partial charge on any atom is -0.271 e. The molecule has 4 nitrogen and oxygen atoms in total. The Morgan fingerprint density at radius 1 is 1.43 bits per heavy atom. The van der Waals surface area contributed by atoms with E-state index in [2.05, 4.69) is 42.3 Å². The van der Waals surface area contributed by atoms with Gasteiger partial charge in [0.05, 0.1) is 17.8 Å². The Morgan fingerprint density at radius 3 is 2.81 bits per heavy atom. The predicted molar refractivity (Wildman–Crippen MR) is 87.3 cm³/mol. The van der Waals surface area contributed by atoms with E-state index in [1.807, 2.05) is 11.3 Å². The lowest BCUT2D eigenvalue weighted by Crippen LogP contribution is -2.29. The van der Waals surface area contributed by atoms with Crippen LogP contribution in [-0.2, 0) is 6.42 Å². The van der Waals surface area contributed by atoms with Crippen LogP contribution in [0, 0.1) is 13.8 Å². The molecule has 1 fully saturated rings. The molecule has 1 saturated carbocycles. The number of thiophene rings is 1. The van der Waals surface area contributed by atoms with E-state index in [9.17, 15) is 0 Å². The maximum Gasteiger partial charge on any atom is 0.0644 e. The van der Waals surface area contributed by atoms with Gasteiger partial charge < -0.3 is 0 Å². The zero-order valence-electron chi connectivity index (χ0n) is 12.8. The number of hydrazine groups is 1. The van der Waals surface area contributed by atoms with Gasteiger partial charge in [-0.1, -0.05) is 12.8 Å². The number of aromatic nitrogens is 2. The second-order valence-corrected chi connectivity index (χ2v) is 7.32. The molecule has 3 rings (SSSR count). The molecule has 0 aliphatic heterocycles. The SMILES string of the molecule is Cc1cc(C(Cc2ccn(C3CCCC3)n2)NN)sc1C. The molecule has 2 aromatic heterocycles. The van der Waals surface area contributed by atoms with Gasteiger partial charge in [-0.3, -0.25) is 16.0 Å². The van der Waals surface area contributed by atoms with E-state index >= 15 is 0 Å². The van der Waals surface area contributed by atoms with Crippen LogP contribution in [0.4, 0.5) is 0 Å². The van der Waals surface area contributed by atoms with Crippen molar-refractivity contribution in [1.29, 1.82) is 0 Å². The highest BCUT2D eigenvalue weighted by Crippen LogP contribution is 2.30. The van der Waals surface area contributed by atoms with Crippen molar-refractivity contribution in [3.8, 4) is 0 Å². The molecule has 1 aliphatic carbocycles. The number of aryl methyl sites for hydroxylation is 2. The van der Waals surface area contributed by atoms with Gasteiger partial charge in [-0.15, -0.1) is 11.3 Å². The van der Waals surface area contributed by atoms with Gasteiger partial charge in [0, 0.05) is 22.4 Å². The molecule has 0 amide bonds. The first-order valence-electron chi connectivity index (χ1n) is 7.74. The third kappa shape index (κ3) is 3.20. The van der Waals surface area contributed by atoms with E-state index < -0.39 is 0 Å². The topological polar surface area (TPSA) is 55.9 Å². The van der Waals surface area contributed by atoms with Gasteiger partial charge in [0.1, 0.15) is 0 Å². The molecule has 0 saturated heterocycles. The lowest BCUT2D eigenvalue weighted by atomic mass is 10.1. The predicted octanol–water partition coefficient (Wildman–Crippen LogP) is 3.42. The summed E-state index contributed by atoms with van der Waals surface area (Å²) in [5, 5.41) is 4.76. The average Bonchev–Trinajstić information content (AvgIpc) is 3.18. The number of nitrogens with one attached hydrogen (secondary N) is 1. The van der Waals surface area contributed by atoms with Crippen molar-refractivity contribution in [1.82, 2.24) is 15.2 Å². The third-order valence-electron chi connectivity index (χ3n) is 4.51. The summed E-state index contributed by atoms with van der Waals surface area (Å²) in [7, 11) is 0. The number of nitrogens with zero attached hydrogens (tertiary/aromatic N) is 2. The fraction of sp³-hybridized carbons (Fsp3) is 0.562. The average molecular weight is 304 g/mol. The summed E-state index contributed by atoms with van der Waals surface area (Å²) in [6.07, 6.45) is 8.17. The second-order valence-electron chi connectivity index (χ2n) is 6.04. The summed E-state index contributed by atoms with van der Waals surface area (Å²) in [5.41, 5.74) is 5.41. The highest BCUT2D eigenvalue weighted by Gasteiger charge is 2.19. The van der Waals surface area contributed by atoms with Crippen molar-refractivity contribution >= 4 is 11.3 Å². The zero-order valence-corrected chi connectivity index (χ0v) is 13.6. The minimum absolute atomic E-state index is 0.148. The molecule has 1 aliphatic rings. The molecule has 0 bridgehead atoms. The highest BCUT2D eigenvalue weighted by atomic mass is 32.1. The van der Waals surface area contributed by atoms with Gasteiger partial charge in [-0.25, -0.2) is 0 Å². The molecule has 0 radical (unpaired) electrons. The molecule has 1 unspecified atom stereocenters. The van der Waals surface area contributed by atoms with Crippen LogP contribution in [0.25, 0.3) is 0 Å². The van der Waals surface area contributed by atoms with E-state index in [-0.39, 0.29) is 6.04 Å². The summed E-state index contributed by atoms with van der Waals surface area (Å²) < 4.78 is 2.15. The Bertz CT molecular complexity index is 576. The summed E-state index contributed by atoms with van der Waals surface area (Å²) in [6.45, 7) is 4.31. The van der Waals surface area contributed by atoms with E-state index in [1.54, 1.807) is 0 Å². The van der Waals surface area contributed by atoms with Crippen LogP contribution in [0.2, 0.25) is 0 Å². The van der Waals surface area contributed by atoms with E-state index in [0.29, 0.717) is 6.04 Å². The standard InChI is InChI=1S/C16H24N4S/c1-11-9-16(21-12(11)2)15(18-17)10-13-7-8-20(19-13)14-5-3-4-6-14/h7-9,14-15,18H,3-6,10,17H2,1-2H3. The Balaban J connectivity index is 1.71. The third-order valence-corrected chi connectivity index (χ3v) is 5.77. The van der Waals surface area contributed by atoms with Crippen LogP contribution in [0.1, 0.15) is 58.8 Å². The quantitative estimate of drug-likeness (QED) is 0.657. The molecule has 114 valence electrons. The Kier molecular flexibility index (Phi) is 4.42. The lowest BCUT2D eigenvalue weighted by molar-refractivity contribution is 0.458. The smallest absolute Gasteiger partial charge is 0.0644 e. The maximum atomic E-state index is 5.76. The normalized spacial score (nSPS) is 17.5. The van der Waals surface area contributed by atoms with E-state index in [0.717, 1.165) is 12.1 Å². The lowest BCUT2D eigenvalue weighted by Gasteiger charge is -2.13. The van der Waals surface area contributed by atoms with Gasteiger partial charge in [0.25, 0.3) is 0 Å². The highest BCUT2D eigenvalue weighted by molar-refractivity contribution is 7.12. The number of hydrogen-bond donors (Lipinski definition) is 2. The van der Waals surface area contributed by atoms with Gasteiger partial charge in [-0.05, 0) is 44.4 Å². The first-order chi connectivity index (χ1) is 10.2. The molecule has 3 N–H and O–H groups in total. The molecule has 0 spiro atoms. The largest absolute Gasteiger partial charge is 0.271 e. The van der Waals surface area contributed by atoms with Crippen molar-refractivity contribution in [2.24, 2.45) is 5.84 Å². The van der Waals surface area contributed by atoms with Gasteiger partial charge in [0.15, 0.2) is 0 Å². The Hall–Kier alpha value is -1.17. The summed E-state index contributed by atoms with van der Waals surface area (Å²) in [6, 6.07) is 5.12. The summed E-state index contributed by atoms with van der Waals surface area (Å²) in [4.78, 5) is 2.66. The van der Waals surface area contributed by atoms with Crippen molar-refractivity contribution in [2.45, 2.75) is 58.0 Å². The molecule has 21 heavy (non-hydrogen) atoms. The molecule has 0 aromatic carbocycles. The molecule has 2 heterocycles. The fourth-order valence-corrected chi connectivity index (χ4v) is 4.19. The minimum atomic E-state index is 0.148. The van der Waals surface area contributed by atoms with E-state index in [1.165, 1.54) is 41.0 Å². The number of nitrogens with two attached hydrogens (primary N) is 1. The van der Waals surface area contributed by atoms with E-state index in [4.69, 9.17) is 10.9 Å². The summed E-state index contributed by atoms with van der Waals surface area (Å²) in [5.74, 6) is 5.76. The van der Waals surface area contributed by atoms with Crippen LogP contribution in [0.15, 0.2) is 18.3 Å². The van der Waals surface area contributed by atoms with Crippen molar-refractivity contribution in [3.63, 3.8) is 0 Å². The van der Waals surface area contributed by atoms with Crippen LogP contribution in [0.5, 0.6) is 0 Å². The van der Waals surface area contributed by atoms with Crippen molar-refractivity contribution < 1.29 is 0 Å². The number of hydrogen-bond acceptors (Lipinski definition) is 4. The molecule has 2 aromatic rings. The van der Waals surface area contributed by atoms with Crippen LogP contribution in [-0.4, -0.2) is 9.78 Å². The molecule has 5 heteroatoms. The Labute approximate surface area is 130 Å². The fourth-order valence-electron chi connectivity index (χ4n) is 3.08. The monoisotopic (exact) mass is 304 g/mol. The number of rotatable bonds is 5.